The number of morpholine rings is 1. The molecular formula is C11H15N3O2. The number of amides is 1. The van der Waals surface area contributed by atoms with Gasteiger partial charge >= 0.3 is 0 Å². The van der Waals surface area contributed by atoms with Crippen molar-refractivity contribution >= 4 is 5.91 Å². The Bertz CT molecular complexity index is 377. The molecule has 16 heavy (non-hydrogen) atoms. The first-order valence-electron chi connectivity index (χ1n) is 5.36. The summed E-state index contributed by atoms with van der Waals surface area (Å²) < 4.78 is 5.38. The van der Waals surface area contributed by atoms with Gasteiger partial charge in [0.2, 0.25) is 0 Å². The zero-order chi connectivity index (χ0) is 11.5. The summed E-state index contributed by atoms with van der Waals surface area (Å²) in [5.74, 6) is -0.0670. The third-order valence-electron chi connectivity index (χ3n) is 2.53. The molecule has 5 nitrogen and oxygen atoms in total. The average Bonchev–Trinajstić information content (AvgIpc) is 2.29. The number of hydrogen-bond acceptors (Lipinski definition) is 4. The van der Waals surface area contributed by atoms with Crippen LogP contribution in [-0.4, -0.2) is 46.6 Å². The second kappa shape index (κ2) is 4.57. The van der Waals surface area contributed by atoms with Crippen molar-refractivity contribution in [3.8, 4) is 0 Å². The molecule has 5 heteroatoms. The van der Waals surface area contributed by atoms with E-state index in [1.54, 1.807) is 11.1 Å². The molecule has 2 rings (SSSR count). The van der Waals surface area contributed by atoms with Crippen LogP contribution in [0, 0.1) is 6.92 Å². The van der Waals surface area contributed by atoms with Crippen molar-refractivity contribution in [1.29, 1.82) is 0 Å². The molecule has 1 aromatic rings. The zero-order valence-electron chi connectivity index (χ0n) is 9.51. The molecule has 0 saturated carbocycles. The first-order valence-corrected chi connectivity index (χ1v) is 5.36. The summed E-state index contributed by atoms with van der Waals surface area (Å²) in [6.07, 6.45) is 3.23. The van der Waals surface area contributed by atoms with Crippen molar-refractivity contribution in [3.63, 3.8) is 0 Å². The van der Waals surface area contributed by atoms with Crippen LogP contribution < -0.4 is 0 Å². The fourth-order valence-corrected chi connectivity index (χ4v) is 1.67. The Morgan fingerprint density at radius 3 is 2.94 bits per heavy atom. The minimum absolute atomic E-state index is 0.0670. The zero-order valence-corrected chi connectivity index (χ0v) is 9.51. The summed E-state index contributed by atoms with van der Waals surface area (Å²) in [5.41, 5.74) is 1.21. The van der Waals surface area contributed by atoms with E-state index in [9.17, 15) is 4.79 Å². The maximum absolute atomic E-state index is 12.0. The van der Waals surface area contributed by atoms with Gasteiger partial charge in [0.15, 0.2) is 0 Å². The lowest BCUT2D eigenvalue weighted by Gasteiger charge is -2.30. The number of ether oxygens (including phenoxy) is 1. The van der Waals surface area contributed by atoms with Gasteiger partial charge in [-0.2, -0.15) is 0 Å². The lowest BCUT2D eigenvalue weighted by Crippen LogP contribution is -2.44. The van der Waals surface area contributed by atoms with Crippen molar-refractivity contribution < 1.29 is 9.53 Å². The first-order chi connectivity index (χ1) is 7.66. The van der Waals surface area contributed by atoms with Gasteiger partial charge in [-0.1, -0.05) is 0 Å². The van der Waals surface area contributed by atoms with Gasteiger partial charge in [-0.3, -0.25) is 9.78 Å². The molecule has 1 aliphatic rings. The number of aryl methyl sites for hydroxylation is 1. The highest BCUT2D eigenvalue weighted by atomic mass is 16.5. The second-order valence-electron chi connectivity index (χ2n) is 3.98. The fourth-order valence-electron chi connectivity index (χ4n) is 1.67. The van der Waals surface area contributed by atoms with E-state index < -0.39 is 0 Å². The van der Waals surface area contributed by atoms with Crippen LogP contribution in [0.15, 0.2) is 12.4 Å². The topological polar surface area (TPSA) is 55.3 Å². The average molecular weight is 221 g/mol. The molecule has 1 saturated heterocycles. The molecule has 1 aliphatic heterocycles. The van der Waals surface area contributed by atoms with Gasteiger partial charge < -0.3 is 9.64 Å². The summed E-state index contributed by atoms with van der Waals surface area (Å²) >= 11 is 0. The van der Waals surface area contributed by atoms with E-state index >= 15 is 0 Å². The monoisotopic (exact) mass is 221 g/mol. The lowest BCUT2D eigenvalue weighted by molar-refractivity contribution is -0.0126. The molecule has 0 aliphatic carbocycles. The summed E-state index contributed by atoms with van der Waals surface area (Å²) in [4.78, 5) is 21.9. The smallest absolute Gasteiger partial charge is 0.274 e. The van der Waals surface area contributed by atoms with E-state index in [1.165, 1.54) is 6.20 Å². The van der Waals surface area contributed by atoms with Crippen LogP contribution in [0.3, 0.4) is 0 Å². The van der Waals surface area contributed by atoms with E-state index in [2.05, 4.69) is 9.97 Å². The summed E-state index contributed by atoms with van der Waals surface area (Å²) in [6, 6.07) is 0. The predicted octanol–water partition coefficient (Wildman–Crippen LogP) is 0.646. The molecular weight excluding hydrogens is 206 g/mol. The Morgan fingerprint density at radius 2 is 2.31 bits per heavy atom. The van der Waals surface area contributed by atoms with E-state index in [0.717, 1.165) is 5.69 Å². The fraction of sp³-hybridized carbons (Fsp3) is 0.545. The summed E-state index contributed by atoms with van der Waals surface area (Å²) in [6.45, 7) is 5.64. The van der Waals surface area contributed by atoms with Crippen LogP contribution in [-0.2, 0) is 4.74 Å². The third-order valence-corrected chi connectivity index (χ3v) is 2.53. The molecule has 0 spiro atoms. The SMILES string of the molecule is Cc1cnc(C(=O)N2CCOC(C)C2)cn1. The van der Waals surface area contributed by atoms with E-state index in [4.69, 9.17) is 4.74 Å². The van der Waals surface area contributed by atoms with Crippen molar-refractivity contribution in [1.82, 2.24) is 14.9 Å². The second-order valence-corrected chi connectivity index (χ2v) is 3.98. The largest absolute Gasteiger partial charge is 0.375 e. The number of carbonyl (C=O) groups is 1. The molecule has 0 aromatic carbocycles. The van der Waals surface area contributed by atoms with Crippen LogP contribution in [0.25, 0.3) is 0 Å². The van der Waals surface area contributed by atoms with Crippen LogP contribution >= 0.6 is 0 Å². The Labute approximate surface area is 94.5 Å². The van der Waals surface area contributed by atoms with Crippen molar-refractivity contribution in [2.24, 2.45) is 0 Å². The van der Waals surface area contributed by atoms with E-state index in [0.29, 0.717) is 25.4 Å². The Morgan fingerprint density at radius 1 is 1.50 bits per heavy atom. The predicted molar refractivity (Wildman–Crippen MR) is 58.1 cm³/mol. The van der Waals surface area contributed by atoms with Crippen LogP contribution in [0.1, 0.15) is 23.1 Å². The van der Waals surface area contributed by atoms with E-state index in [1.807, 2.05) is 13.8 Å². The number of carbonyl (C=O) groups excluding carboxylic acids is 1. The molecule has 86 valence electrons. The lowest BCUT2D eigenvalue weighted by atomic mass is 10.2. The van der Waals surface area contributed by atoms with Crippen molar-refractivity contribution in [2.75, 3.05) is 19.7 Å². The maximum Gasteiger partial charge on any atom is 0.274 e. The van der Waals surface area contributed by atoms with Gasteiger partial charge in [0.1, 0.15) is 5.69 Å². The van der Waals surface area contributed by atoms with Gasteiger partial charge in [-0.15, -0.1) is 0 Å². The normalized spacial score (nSPS) is 20.9. The van der Waals surface area contributed by atoms with Crippen molar-refractivity contribution in [3.05, 3.63) is 23.8 Å². The van der Waals surface area contributed by atoms with Crippen molar-refractivity contribution in [2.45, 2.75) is 20.0 Å². The quantitative estimate of drug-likeness (QED) is 0.698. The molecule has 0 N–H and O–H groups in total. The highest BCUT2D eigenvalue weighted by Crippen LogP contribution is 2.08. The van der Waals surface area contributed by atoms with Gasteiger partial charge in [-0.25, -0.2) is 4.98 Å². The Balaban J connectivity index is 2.09. The van der Waals surface area contributed by atoms with Crippen LogP contribution in [0.4, 0.5) is 0 Å². The molecule has 0 bridgehead atoms. The Kier molecular flexibility index (Phi) is 3.14. The number of nitrogens with zero attached hydrogens (tertiary/aromatic N) is 3. The number of rotatable bonds is 1. The van der Waals surface area contributed by atoms with Gasteiger partial charge in [-0.05, 0) is 13.8 Å². The third kappa shape index (κ3) is 2.36. The molecule has 1 unspecified atom stereocenters. The molecule has 2 heterocycles. The minimum Gasteiger partial charge on any atom is -0.375 e. The maximum atomic E-state index is 12.0. The van der Waals surface area contributed by atoms with Crippen LogP contribution in [0.2, 0.25) is 0 Å². The highest BCUT2D eigenvalue weighted by molar-refractivity contribution is 5.92. The standard InChI is InChI=1S/C11H15N3O2/c1-8-5-13-10(6-12-8)11(15)14-3-4-16-9(2)7-14/h5-6,9H,3-4,7H2,1-2H3. The first kappa shape index (κ1) is 11.0. The number of aromatic nitrogens is 2. The van der Waals surface area contributed by atoms with Gasteiger partial charge in [0.05, 0.1) is 24.6 Å². The molecule has 1 amide bonds. The minimum atomic E-state index is -0.0670. The van der Waals surface area contributed by atoms with Gasteiger partial charge in [0.25, 0.3) is 5.91 Å². The van der Waals surface area contributed by atoms with Crippen LogP contribution in [0.5, 0.6) is 0 Å². The Hall–Kier alpha value is -1.49. The molecule has 1 aromatic heterocycles. The molecule has 1 atom stereocenters. The molecule has 0 radical (unpaired) electrons. The highest BCUT2D eigenvalue weighted by Gasteiger charge is 2.23. The summed E-state index contributed by atoms with van der Waals surface area (Å²) in [5, 5.41) is 0. The molecule has 1 fully saturated rings. The van der Waals surface area contributed by atoms with Gasteiger partial charge in [0, 0.05) is 19.3 Å². The summed E-state index contributed by atoms with van der Waals surface area (Å²) in [7, 11) is 0. The van der Waals surface area contributed by atoms with E-state index in [-0.39, 0.29) is 12.0 Å². The number of hydrogen-bond donors (Lipinski definition) is 0.